The van der Waals surface area contributed by atoms with Gasteiger partial charge in [0, 0.05) is 24.3 Å². The second-order valence-electron chi connectivity index (χ2n) is 3.67. The zero-order valence-corrected chi connectivity index (χ0v) is 7.95. The van der Waals surface area contributed by atoms with E-state index in [2.05, 4.69) is 18.9 Å². The van der Waals surface area contributed by atoms with Crippen molar-refractivity contribution in [2.75, 3.05) is 11.9 Å². The van der Waals surface area contributed by atoms with Crippen molar-refractivity contribution in [3.63, 3.8) is 0 Å². The Labute approximate surface area is 78.2 Å². The number of anilines is 1. The first-order valence-corrected chi connectivity index (χ1v) is 4.53. The Morgan fingerprint density at radius 2 is 2.31 bits per heavy atom. The second-order valence-corrected chi connectivity index (χ2v) is 3.67. The third-order valence-corrected chi connectivity index (χ3v) is 2.80. The number of rotatable bonds is 1. The molecule has 0 radical (unpaired) electrons. The lowest BCUT2D eigenvalue weighted by atomic mass is 10.1. The molecule has 0 spiro atoms. The van der Waals surface area contributed by atoms with Gasteiger partial charge in [-0.25, -0.2) is 0 Å². The Hall–Kier alpha value is -1.31. The lowest BCUT2D eigenvalue weighted by Crippen LogP contribution is -2.23. The third kappa shape index (κ3) is 1.22. The Balaban J connectivity index is 2.46. The van der Waals surface area contributed by atoms with E-state index in [4.69, 9.17) is 0 Å². The number of nitrogens with zero attached hydrogens (tertiary/aromatic N) is 1. The molecule has 1 aliphatic rings. The molecule has 1 atom stereocenters. The Morgan fingerprint density at radius 3 is 3.00 bits per heavy atom. The number of hydrogen-bond donors (Lipinski definition) is 0. The predicted molar refractivity (Wildman–Crippen MR) is 53.4 cm³/mol. The SMILES string of the molecule is CC1Cc2cc(C=O)ccc2N1C. The summed E-state index contributed by atoms with van der Waals surface area (Å²) in [6.07, 6.45) is 1.96. The van der Waals surface area contributed by atoms with Crippen LogP contribution in [0.3, 0.4) is 0 Å². The van der Waals surface area contributed by atoms with Gasteiger partial charge in [0.05, 0.1) is 0 Å². The first-order chi connectivity index (χ1) is 6.22. The van der Waals surface area contributed by atoms with Crippen LogP contribution in [-0.2, 0) is 6.42 Å². The molecule has 1 heterocycles. The fourth-order valence-electron chi connectivity index (χ4n) is 1.88. The highest BCUT2D eigenvalue weighted by atomic mass is 16.1. The minimum absolute atomic E-state index is 0.553. The summed E-state index contributed by atoms with van der Waals surface area (Å²) < 4.78 is 0. The Kier molecular flexibility index (Phi) is 1.83. The van der Waals surface area contributed by atoms with Crippen LogP contribution in [0.4, 0.5) is 5.69 Å². The molecule has 0 amide bonds. The van der Waals surface area contributed by atoms with E-state index in [0.29, 0.717) is 6.04 Å². The van der Waals surface area contributed by atoms with E-state index in [1.807, 2.05) is 18.2 Å². The van der Waals surface area contributed by atoms with Crippen LogP contribution in [0.25, 0.3) is 0 Å². The summed E-state index contributed by atoms with van der Waals surface area (Å²) in [5.41, 5.74) is 3.33. The van der Waals surface area contributed by atoms with Crippen molar-refractivity contribution < 1.29 is 4.79 Å². The van der Waals surface area contributed by atoms with E-state index in [1.54, 1.807) is 0 Å². The standard InChI is InChI=1S/C11H13NO/c1-8-5-10-6-9(7-13)3-4-11(10)12(8)2/h3-4,6-8H,5H2,1-2H3. The molecule has 0 fully saturated rings. The number of hydrogen-bond acceptors (Lipinski definition) is 2. The molecule has 0 bridgehead atoms. The minimum atomic E-state index is 0.553. The van der Waals surface area contributed by atoms with Crippen molar-refractivity contribution in [2.45, 2.75) is 19.4 Å². The van der Waals surface area contributed by atoms with Crippen LogP contribution < -0.4 is 4.90 Å². The normalized spacial score (nSPS) is 20.2. The number of fused-ring (bicyclic) bond motifs is 1. The molecule has 1 aromatic rings. The minimum Gasteiger partial charge on any atom is -0.371 e. The first kappa shape index (κ1) is 8.30. The van der Waals surface area contributed by atoms with Gasteiger partial charge >= 0.3 is 0 Å². The summed E-state index contributed by atoms with van der Waals surface area (Å²) in [6, 6.07) is 6.45. The summed E-state index contributed by atoms with van der Waals surface area (Å²) in [6.45, 7) is 2.20. The predicted octanol–water partition coefficient (Wildman–Crippen LogP) is 1.88. The molecule has 2 heteroatoms. The van der Waals surface area contributed by atoms with E-state index in [0.717, 1.165) is 18.3 Å². The summed E-state index contributed by atoms with van der Waals surface area (Å²) >= 11 is 0. The van der Waals surface area contributed by atoms with Crippen LogP contribution in [0.15, 0.2) is 18.2 Å². The second kappa shape index (κ2) is 2.87. The monoisotopic (exact) mass is 175 g/mol. The van der Waals surface area contributed by atoms with Crippen molar-refractivity contribution >= 4 is 12.0 Å². The van der Waals surface area contributed by atoms with Crippen molar-refractivity contribution in [1.29, 1.82) is 0 Å². The van der Waals surface area contributed by atoms with Crippen LogP contribution in [0.5, 0.6) is 0 Å². The number of benzene rings is 1. The molecular weight excluding hydrogens is 162 g/mol. The molecule has 0 aliphatic carbocycles. The average Bonchev–Trinajstić information content (AvgIpc) is 2.42. The number of carbonyl (C=O) groups excluding carboxylic acids is 1. The molecule has 1 aliphatic heterocycles. The van der Waals surface area contributed by atoms with Gasteiger partial charge in [0.1, 0.15) is 6.29 Å². The van der Waals surface area contributed by atoms with E-state index in [1.165, 1.54) is 11.3 Å². The van der Waals surface area contributed by atoms with Gasteiger partial charge in [0.15, 0.2) is 0 Å². The van der Waals surface area contributed by atoms with Gasteiger partial charge in [-0.15, -0.1) is 0 Å². The lowest BCUT2D eigenvalue weighted by Gasteiger charge is -2.17. The highest BCUT2D eigenvalue weighted by Gasteiger charge is 2.22. The zero-order valence-electron chi connectivity index (χ0n) is 7.95. The van der Waals surface area contributed by atoms with Crippen molar-refractivity contribution in [3.8, 4) is 0 Å². The Morgan fingerprint density at radius 1 is 1.54 bits per heavy atom. The van der Waals surface area contributed by atoms with Crippen molar-refractivity contribution in [3.05, 3.63) is 29.3 Å². The molecule has 1 aromatic carbocycles. The number of likely N-dealkylation sites (N-methyl/N-ethyl adjacent to an activating group) is 1. The van der Waals surface area contributed by atoms with E-state index < -0.39 is 0 Å². The quantitative estimate of drug-likeness (QED) is 0.607. The van der Waals surface area contributed by atoms with Crippen LogP contribution in [0.1, 0.15) is 22.8 Å². The molecular formula is C11H13NO. The highest BCUT2D eigenvalue weighted by Crippen LogP contribution is 2.30. The molecule has 0 N–H and O–H groups in total. The largest absolute Gasteiger partial charge is 0.371 e. The fraction of sp³-hybridized carbons (Fsp3) is 0.364. The molecule has 0 saturated carbocycles. The topological polar surface area (TPSA) is 20.3 Å². The molecule has 13 heavy (non-hydrogen) atoms. The van der Waals surface area contributed by atoms with Gasteiger partial charge in [-0.3, -0.25) is 4.79 Å². The summed E-state index contributed by atoms with van der Waals surface area (Å²) in [5.74, 6) is 0. The Bertz CT molecular complexity index is 346. The third-order valence-electron chi connectivity index (χ3n) is 2.80. The molecule has 0 aromatic heterocycles. The fourth-order valence-corrected chi connectivity index (χ4v) is 1.88. The number of carbonyl (C=O) groups is 1. The van der Waals surface area contributed by atoms with Gasteiger partial charge in [0.25, 0.3) is 0 Å². The van der Waals surface area contributed by atoms with Gasteiger partial charge < -0.3 is 4.90 Å². The molecule has 0 saturated heterocycles. The maximum absolute atomic E-state index is 10.6. The maximum Gasteiger partial charge on any atom is 0.150 e. The van der Waals surface area contributed by atoms with E-state index in [-0.39, 0.29) is 0 Å². The molecule has 2 nitrogen and oxygen atoms in total. The van der Waals surface area contributed by atoms with Crippen LogP contribution >= 0.6 is 0 Å². The summed E-state index contributed by atoms with van der Waals surface area (Å²) in [5, 5.41) is 0. The van der Waals surface area contributed by atoms with E-state index >= 15 is 0 Å². The summed E-state index contributed by atoms with van der Waals surface area (Å²) in [7, 11) is 2.09. The van der Waals surface area contributed by atoms with Crippen molar-refractivity contribution in [1.82, 2.24) is 0 Å². The highest BCUT2D eigenvalue weighted by molar-refractivity contribution is 5.77. The van der Waals surface area contributed by atoms with Gasteiger partial charge in [-0.05, 0) is 37.1 Å². The molecule has 2 rings (SSSR count). The van der Waals surface area contributed by atoms with E-state index in [9.17, 15) is 4.79 Å². The first-order valence-electron chi connectivity index (χ1n) is 4.53. The van der Waals surface area contributed by atoms with Gasteiger partial charge in [-0.1, -0.05) is 0 Å². The molecule has 68 valence electrons. The van der Waals surface area contributed by atoms with Gasteiger partial charge in [-0.2, -0.15) is 0 Å². The van der Waals surface area contributed by atoms with Crippen LogP contribution in [-0.4, -0.2) is 19.4 Å². The van der Waals surface area contributed by atoms with Crippen LogP contribution in [0, 0.1) is 0 Å². The lowest BCUT2D eigenvalue weighted by molar-refractivity contribution is 0.112. The zero-order chi connectivity index (χ0) is 9.42. The maximum atomic E-state index is 10.6. The van der Waals surface area contributed by atoms with Gasteiger partial charge in [0.2, 0.25) is 0 Å². The van der Waals surface area contributed by atoms with Crippen molar-refractivity contribution in [2.24, 2.45) is 0 Å². The number of aldehydes is 1. The molecule has 1 unspecified atom stereocenters. The van der Waals surface area contributed by atoms with Crippen LogP contribution in [0.2, 0.25) is 0 Å². The smallest absolute Gasteiger partial charge is 0.150 e. The summed E-state index contributed by atoms with van der Waals surface area (Å²) in [4.78, 5) is 12.8. The average molecular weight is 175 g/mol.